The summed E-state index contributed by atoms with van der Waals surface area (Å²) < 4.78 is 51.5. The zero-order valence-electron chi connectivity index (χ0n) is 20.7. The lowest BCUT2D eigenvalue weighted by atomic mass is 10.0. The Balaban J connectivity index is 1.54. The van der Waals surface area contributed by atoms with Gasteiger partial charge in [0.2, 0.25) is 11.8 Å². The van der Waals surface area contributed by atoms with Crippen LogP contribution < -0.4 is 20.1 Å². The molecule has 0 atom stereocenters. The minimum absolute atomic E-state index is 0.0972. The number of aryl methyl sites for hydroxylation is 1. The first-order valence-electron chi connectivity index (χ1n) is 11.8. The molecule has 0 bridgehead atoms. The van der Waals surface area contributed by atoms with E-state index in [-0.39, 0.29) is 23.6 Å². The first kappa shape index (κ1) is 26.2. The van der Waals surface area contributed by atoms with Gasteiger partial charge in [0.15, 0.2) is 0 Å². The molecule has 2 N–H and O–H groups in total. The zero-order valence-corrected chi connectivity index (χ0v) is 20.7. The SMILES string of the molecule is COc1cc(C(=O)NC2CCN(C)CC2)ccc1Nc1ncc(C(F)(F)F)c(Oc2ccc(C)cc2)n1. The Bertz CT molecular complexity index is 1240. The van der Waals surface area contributed by atoms with Gasteiger partial charge >= 0.3 is 6.18 Å². The quantitative estimate of drug-likeness (QED) is 0.449. The summed E-state index contributed by atoms with van der Waals surface area (Å²) in [7, 11) is 3.48. The summed E-state index contributed by atoms with van der Waals surface area (Å²) in [4.78, 5) is 22.7. The zero-order chi connectivity index (χ0) is 26.6. The van der Waals surface area contributed by atoms with Crippen LogP contribution in [0.4, 0.5) is 24.8 Å². The van der Waals surface area contributed by atoms with Gasteiger partial charge in [-0.05, 0) is 70.2 Å². The van der Waals surface area contributed by atoms with Gasteiger partial charge in [-0.3, -0.25) is 4.79 Å². The standard InChI is InChI=1S/C26H28F3N5O3/c1-16-4-7-19(8-5-16)37-24-20(26(27,28)29)15-30-25(33-24)32-21-9-6-17(14-22(21)36-3)23(35)31-18-10-12-34(2)13-11-18/h4-9,14-15,18H,10-13H2,1-3H3,(H,31,35)(H,30,32,33). The molecule has 1 fully saturated rings. The van der Waals surface area contributed by atoms with Crippen LogP contribution in [0.15, 0.2) is 48.7 Å². The number of piperidine rings is 1. The van der Waals surface area contributed by atoms with Gasteiger partial charge in [0, 0.05) is 17.8 Å². The summed E-state index contributed by atoms with van der Waals surface area (Å²) in [6.07, 6.45) is -2.30. The maximum absolute atomic E-state index is 13.6. The number of ether oxygens (including phenoxy) is 2. The molecule has 196 valence electrons. The van der Waals surface area contributed by atoms with Crippen LogP contribution in [0.3, 0.4) is 0 Å². The molecular formula is C26H28F3N5O3. The Labute approximate surface area is 212 Å². The number of halogens is 3. The molecule has 3 aromatic rings. The highest BCUT2D eigenvalue weighted by Crippen LogP contribution is 2.38. The summed E-state index contributed by atoms with van der Waals surface area (Å²) in [5.74, 6) is -0.475. The molecule has 0 saturated carbocycles. The smallest absolute Gasteiger partial charge is 0.423 e. The van der Waals surface area contributed by atoms with E-state index in [1.165, 1.54) is 7.11 Å². The molecule has 2 heterocycles. The van der Waals surface area contributed by atoms with E-state index in [1.54, 1.807) is 42.5 Å². The molecule has 1 aliphatic rings. The van der Waals surface area contributed by atoms with Crippen molar-refractivity contribution >= 4 is 17.5 Å². The largest absolute Gasteiger partial charge is 0.495 e. The second-order valence-corrected chi connectivity index (χ2v) is 8.92. The van der Waals surface area contributed by atoms with Crippen LogP contribution in [0.2, 0.25) is 0 Å². The number of amides is 1. The van der Waals surface area contributed by atoms with Gasteiger partial charge in [0.25, 0.3) is 5.91 Å². The summed E-state index contributed by atoms with van der Waals surface area (Å²) in [6, 6.07) is 11.4. The Morgan fingerprint density at radius 1 is 1.11 bits per heavy atom. The average molecular weight is 516 g/mol. The van der Waals surface area contributed by atoms with Gasteiger partial charge in [0.05, 0.1) is 12.8 Å². The topological polar surface area (TPSA) is 88.6 Å². The fraction of sp³-hybridized carbons (Fsp3) is 0.346. The number of alkyl halides is 3. The Hall–Kier alpha value is -3.86. The van der Waals surface area contributed by atoms with Crippen molar-refractivity contribution in [2.24, 2.45) is 0 Å². The van der Waals surface area contributed by atoms with Gasteiger partial charge in [0.1, 0.15) is 17.1 Å². The number of likely N-dealkylation sites (tertiary alicyclic amines) is 1. The molecule has 1 aromatic heterocycles. The van der Waals surface area contributed by atoms with Crippen molar-refractivity contribution in [3.8, 4) is 17.4 Å². The molecule has 11 heteroatoms. The maximum atomic E-state index is 13.6. The highest BCUT2D eigenvalue weighted by atomic mass is 19.4. The molecule has 0 unspecified atom stereocenters. The number of carbonyl (C=O) groups is 1. The second-order valence-electron chi connectivity index (χ2n) is 8.92. The third-order valence-electron chi connectivity index (χ3n) is 6.06. The number of anilines is 2. The van der Waals surface area contributed by atoms with E-state index in [9.17, 15) is 18.0 Å². The van der Waals surface area contributed by atoms with E-state index in [0.29, 0.717) is 23.2 Å². The van der Waals surface area contributed by atoms with Crippen LogP contribution in [-0.4, -0.2) is 54.1 Å². The molecule has 0 aliphatic carbocycles. The van der Waals surface area contributed by atoms with E-state index in [4.69, 9.17) is 9.47 Å². The Kier molecular flexibility index (Phi) is 7.82. The van der Waals surface area contributed by atoms with Crippen LogP contribution in [-0.2, 0) is 6.18 Å². The lowest BCUT2D eigenvalue weighted by Crippen LogP contribution is -2.43. The summed E-state index contributed by atoms with van der Waals surface area (Å²) >= 11 is 0. The van der Waals surface area contributed by atoms with Crippen molar-refractivity contribution in [3.05, 3.63) is 65.4 Å². The van der Waals surface area contributed by atoms with Crippen molar-refractivity contribution in [3.63, 3.8) is 0 Å². The monoisotopic (exact) mass is 515 g/mol. The number of hydrogen-bond donors (Lipinski definition) is 2. The normalized spacial score (nSPS) is 14.8. The molecule has 2 aromatic carbocycles. The first-order chi connectivity index (χ1) is 17.6. The molecule has 0 spiro atoms. The number of nitrogens with zero attached hydrogens (tertiary/aromatic N) is 3. The molecule has 37 heavy (non-hydrogen) atoms. The van der Waals surface area contributed by atoms with Crippen molar-refractivity contribution in [1.82, 2.24) is 20.2 Å². The van der Waals surface area contributed by atoms with Gasteiger partial charge in [-0.1, -0.05) is 17.7 Å². The van der Waals surface area contributed by atoms with Crippen LogP contribution in [0, 0.1) is 6.92 Å². The van der Waals surface area contributed by atoms with Gasteiger partial charge in [-0.2, -0.15) is 18.2 Å². The number of rotatable bonds is 7. The Morgan fingerprint density at radius 2 is 1.81 bits per heavy atom. The molecular weight excluding hydrogens is 487 g/mol. The number of benzene rings is 2. The molecule has 8 nitrogen and oxygen atoms in total. The van der Waals surface area contributed by atoms with Crippen LogP contribution in [0.25, 0.3) is 0 Å². The van der Waals surface area contributed by atoms with Crippen LogP contribution in [0.5, 0.6) is 17.4 Å². The highest BCUT2D eigenvalue weighted by molar-refractivity contribution is 5.95. The number of hydrogen-bond acceptors (Lipinski definition) is 7. The molecule has 4 rings (SSSR count). The van der Waals surface area contributed by atoms with Crippen molar-refractivity contribution in [2.45, 2.75) is 32.0 Å². The summed E-state index contributed by atoms with van der Waals surface area (Å²) in [5.41, 5.74) is 0.605. The molecule has 0 radical (unpaired) electrons. The predicted molar refractivity (Wildman–Crippen MR) is 133 cm³/mol. The van der Waals surface area contributed by atoms with E-state index in [2.05, 4.69) is 25.5 Å². The predicted octanol–water partition coefficient (Wildman–Crippen LogP) is 5.17. The van der Waals surface area contributed by atoms with Crippen molar-refractivity contribution in [1.29, 1.82) is 0 Å². The minimum Gasteiger partial charge on any atom is -0.495 e. The lowest BCUT2D eigenvalue weighted by molar-refractivity contribution is -0.139. The summed E-state index contributed by atoms with van der Waals surface area (Å²) in [6.45, 7) is 3.69. The number of nitrogens with one attached hydrogen (secondary N) is 2. The Morgan fingerprint density at radius 3 is 2.46 bits per heavy atom. The number of carbonyl (C=O) groups excluding carboxylic acids is 1. The maximum Gasteiger partial charge on any atom is 0.423 e. The van der Waals surface area contributed by atoms with E-state index >= 15 is 0 Å². The fourth-order valence-corrected chi connectivity index (χ4v) is 3.89. The lowest BCUT2D eigenvalue weighted by Gasteiger charge is -2.29. The average Bonchev–Trinajstić information content (AvgIpc) is 2.86. The van der Waals surface area contributed by atoms with Crippen molar-refractivity contribution < 1.29 is 27.4 Å². The van der Waals surface area contributed by atoms with Crippen molar-refractivity contribution in [2.75, 3.05) is 32.6 Å². The number of aromatic nitrogens is 2. The highest BCUT2D eigenvalue weighted by Gasteiger charge is 2.36. The number of methoxy groups -OCH3 is 1. The summed E-state index contributed by atoms with van der Waals surface area (Å²) in [5, 5.41) is 5.90. The molecule has 1 saturated heterocycles. The van der Waals surface area contributed by atoms with E-state index in [1.807, 2.05) is 14.0 Å². The third kappa shape index (κ3) is 6.67. The van der Waals surface area contributed by atoms with Gasteiger partial charge in [-0.25, -0.2) is 4.98 Å². The first-order valence-corrected chi connectivity index (χ1v) is 11.8. The second kappa shape index (κ2) is 11.0. The van der Waals surface area contributed by atoms with E-state index in [0.717, 1.165) is 31.5 Å². The fourth-order valence-electron chi connectivity index (χ4n) is 3.89. The molecule has 1 aliphatic heterocycles. The third-order valence-corrected chi connectivity index (χ3v) is 6.06. The van der Waals surface area contributed by atoms with E-state index < -0.39 is 17.6 Å². The van der Waals surface area contributed by atoms with Crippen LogP contribution >= 0.6 is 0 Å². The minimum atomic E-state index is -4.71. The van der Waals surface area contributed by atoms with Crippen LogP contribution in [0.1, 0.15) is 34.3 Å². The van der Waals surface area contributed by atoms with Gasteiger partial charge in [-0.15, -0.1) is 0 Å². The van der Waals surface area contributed by atoms with Gasteiger partial charge < -0.3 is 25.0 Å². The molecule has 1 amide bonds.